The lowest BCUT2D eigenvalue weighted by Gasteiger charge is -2.19. The van der Waals surface area contributed by atoms with Crippen molar-refractivity contribution in [3.8, 4) is 39.4 Å². The van der Waals surface area contributed by atoms with Crippen molar-refractivity contribution in [2.75, 3.05) is 0 Å². The Morgan fingerprint density at radius 3 is 1.01 bits per heavy atom. The van der Waals surface area contributed by atoms with Crippen LogP contribution in [0.5, 0.6) is 0 Å². The molecule has 0 atom stereocenters. The number of benzene rings is 9. The summed E-state index contributed by atoms with van der Waals surface area (Å²) in [6.07, 6.45) is 0. The van der Waals surface area contributed by atoms with Crippen molar-refractivity contribution < 1.29 is 0 Å². The summed E-state index contributed by atoms with van der Waals surface area (Å²) in [4.78, 5) is 5.12. The minimum absolute atomic E-state index is 0.0121. The van der Waals surface area contributed by atoms with Crippen LogP contribution >= 0.6 is 0 Å². The number of rotatable bonds is 5. The second-order valence-corrected chi connectivity index (χ2v) is 25.8. The number of aromatic nitrogens is 4. The van der Waals surface area contributed by atoms with Crippen LogP contribution in [0.15, 0.2) is 194 Å². The van der Waals surface area contributed by atoms with Gasteiger partial charge in [-0.2, -0.15) is 0 Å². The standard InChI is InChI=1S/C73H68N4/c1-70(2,3)47-24-32-64-56(38-47)57-39-48(71(4,5)6)25-33-65(57)76(64)52-30-36-68-60(42-52)61-43-53(77-66-34-26-49(72(7,8)9)40-58(66)59-41-50(73(10,11)12)27-35-67(59)77)31-37-69(61)75(68)51-28-22-45(23-29-51)55-44-63(46-18-14-13-15-19-46)74-62-21-17-16-20-54(55)62/h13-44H,1-12H3. The Labute approximate surface area is 453 Å². The molecule has 0 spiro atoms. The van der Waals surface area contributed by atoms with E-state index in [9.17, 15) is 0 Å². The molecule has 0 aliphatic rings. The molecule has 77 heavy (non-hydrogen) atoms. The molecule has 0 saturated heterocycles. The fourth-order valence-electron chi connectivity index (χ4n) is 12.0. The Balaban J connectivity index is 1.05. The second-order valence-electron chi connectivity index (χ2n) is 25.8. The number of nitrogens with zero attached hydrogens (tertiary/aromatic N) is 4. The summed E-state index contributed by atoms with van der Waals surface area (Å²) in [5.41, 5.74) is 21.4. The first-order valence-electron chi connectivity index (χ1n) is 27.5. The number of pyridine rings is 1. The zero-order valence-corrected chi connectivity index (χ0v) is 46.8. The van der Waals surface area contributed by atoms with Gasteiger partial charge < -0.3 is 13.7 Å². The monoisotopic (exact) mass is 1000 g/mol. The van der Waals surface area contributed by atoms with E-state index in [2.05, 4.69) is 291 Å². The molecule has 4 heteroatoms. The maximum atomic E-state index is 5.12. The van der Waals surface area contributed by atoms with Gasteiger partial charge in [-0.25, -0.2) is 4.98 Å². The van der Waals surface area contributed by atoms with Gasteiger partial charge in [-0.15, -0.1) is 0 Å². The lowest BCUT2D eigenvalue weighted by atomic mass is 9.85. The van der Waals surface area contributed by atoms with Gasteiger partial charge in [-0.3, -0.25) is 0 Å². The zero-order chi connectivity index (χ0) is 53.5. The third kappa shape index (κ3) is 8.06. The lowest BCUT2D eigenvalue weighted by molar-refractivity contribution is 0.590. The van der Waals surface area contributed by atoms with Crippen LogP contribution in [0.4, 0.5) is 0 Å². The van der Waals surface area contributed by atoms with Gasteiger partial charge in [0.25, 0.3) is 0 Å². The van der Waals surface area contributed by atoms with Gasteiger partial charge in [0.2, 0.25) is 0 Å². The minimum Gasteiger partial charge on any atom is -0.309 e. The highest BCUT2D eigenvalue weighted by molar-refractivity contribution is 6.14. The zero-order valence-electron chi connectivity index (χ0n) is 46.8. The van der Waals surface area contributed by atoms with Gasteiger partial charge >= 0.3 is 0 Å². The van der Waals surface area contributed by atoms with E-state index in [0.717, 1.165) is 55.8 Å². The van der Waals surface area contributed by atoms with Gasteiger partial charge in [-0.05, 0) is 164 Å². The predicted octanol–water partition coefficient (Wildman–Crippen LogP) is 20.1. The average Bonchev–Trinajstić information content (AvgIpc) is 4.27. The Morgan fingerprint density at radius 1 is 0.273 bits per heavy atom. The van der Waals surface area contributed by atoms with E-state index in [1.54, 1.807) is 0 Å². The largest absolute Gasteiger partial charge is 0.309 e. The van der Waals surface area contributed by atoms with Gasteiger partial charge in [0.1, 0.15) is 0 Å². The lowest BCUT2D eigenvalue weighted by Crippen LogP contribution is -2.10. The summed E-state index contributed by atoms with van der Waals surface area (Å²) in [7, 11) is 0. The van der Waals surface area contributed by atoms with Crippen molar-refractivity contribution in [3.05, 3.63) is 216 Å². The third-order valence-corrected chi connectivity index (χ3v) is 16.5. The van der Waals surface area contributed by atoms with Crippen molar-refractivity contribution in [2.24, 2.45) is 0 Å². The molecule has 0 unspecified atom stereocenters. The van der Waals surface area contributed by atoms with Crippen LogP contribution in [0.1, 0.15) is 105 Å². The van der Waals surface area contributed by atoms with Crippen molar-refractivity contribution >= 4 is 76.3 Å². The molecule has 380 valence electrons. The summed E-state index contributed by atoms with van der Waals surface area (Å²) < 4.78 is 7.47. The van der Waals surface area contributed by atoms with E-state index >= 15 is 0 Å². The molecule has 0 fully saturated rings. The van der Waals surface area contributed by atoms with Crippen molar-refractivity contribution in [1.29, 1.82) is 0 Å². The molecule has 0 saturated carbocycles. The molecule has 0 N–H and O–H groups in total. The fourth-order valence-corrected chi connectivity index (χ4v) is 12.0. The molecule has 0 aliphatic carbocycles. The first-order valence-corrected chi connectivity index (χ1v) is 27.5. The molecule has 0 bridgehead atoms. The Bertz CT molecular complexity index is 4160. The van der Waals surface area contributed by atoms with Crippen molar-refractivity contribution in [2.45, 2.75) is 105 Å². The van der Waals surface area contributed by atoms with Crippen LogP contribution in [0.3, 0.4) is 0 Å². The van der Waals surface area contributed by atoms with E-state index < -0.39 is 0 Å². The molecule has 13 aromatic rings. The van der Waals surface area contributed by atoms with Crippen LogP contribution in [-0.4, -0.2) is 18.7 Å². The van der Waals surface area contributed by atoms with E-state index in [1.807, 2.05) is 0 Å². The molecule has 9 aromatic carbocycles. The van der Waals surface area contributed by atoms with Gasteiger partial charge in [0.05, 0.1) is 44.3 Å². The van der Waals surface area contributed by atoms with Crippen LogP contribution < -0.4 is 0 Å². The minimum atomic E-state index is 0.0121. The SMILES string of the molecule is CC(C)(C)c1ccc2c(c1)c1cc(C(C)(C)C)ccc1n2-c1ccc2c(c1)c1cc(-n3c4ccc(C(C)(C)C)cc4c4cc(C(C)(C)C)ccc43)ccc1n2-c1ccc(-c2cc(-c3ccccc3)nc3ccccc23)cc1. The summed E-state index contributed by atoms with van der Waals surface area (Å²) in [5, 5.41) is 8.70. The fraction of sp³-hybridized carbons (Fsp3) is 0.219. The van der Waals surface area contributed by atoms with Gasteiger partial charge in [-0.1, -0.05) is 168 Å². The molecule has 0 aliphatic heterocycles. The maximum Gasteiger partial charge on any atom is 0.0715 e. The normalized spacial score (nSPS) is 12.9. The summed E-state index contributed by atoms with van der Waals surface area (Å²) in [5.74, 6) is 0. The van der Waals surface area contributed by atoms with Crippen LogP contribution in [0.2, 0.25) is 0 Å². The van der Waals surface area contributed by atoms with Crippen LogP contribution in [0, 0.1) is 0 Å². The van der Waals surface area contributed by atoms with Crippen LogP contribution in [0.25, 0.3) is 116 Å². The third-order valence-electron chi connectivity index (χ3n) is 16.5. The summed E-state index contributed by atoms with van der Waals surface area (Å²) in [6.45, 7) is 27.8. The van der Waals surface area contributed by atoms with Crippen molar-refractivity contribution in [3.63, 3.8) is 0 Å². The molecule has 4 nitrogen and oxygen atoms in total. The number of hydrogen-bond donors (Lipinski definition) is 0. The number of hydrogen-bond acceptors (Lipinski definition) is 1. The molecule has 4 aromatic heterocycles. The van der Waals surface area contributed by atoms with E-state index in [-0.39, 0.29) is 21.7 Å². The average molecular weight is 1000 g/mol. The Morgan fingerprint density at radius 2 is 0.610 bits per heavy atom. The first kappa shape index (κ1) is 48.4. The summed E-state index contributed by atoms with van der Waals surface area (Å²) >= 11 is 0. The smallest absolute Gasteiger partial charge is 0.0715 e. The number of para-hydroxylation sites is 1. The Kier molecular flexibility index (Phi) is 10.8. The van der Waals surface area contributed by atoms with E-state index in [1.165, 1.54) is 82.2 Å². The quantitative estimate of drug-likeness (QED) is 0.169. The molecule has 4 heterocycles. The van der Waals surface area contributed by atoms with Crippen LogP contribution in [-0.2, 0) is 21.7 Å². The first-order chi connectivity index (χ1) is 36.7. The molecule has 0 amide bonds. The van der Waals surface area contributed by atoms with Crippen molar-refractivity contribution in [1.82, 2.24) is 18.7 Å². The molecule has 0 radical (unpaired) electrons. The molecule has 13 rings (SSSR count). The highest BCUT2D eigenvalue weighted by atomic mass is 15.0. The number of fused-ring (bicyclic) bond motifs is 10. The molecular formula is C73H68N4. The highest BCUT2D eigenvalue weighted by Gasteiger charge is 2.25. The highest BCUT2D eigenvalue weighted by Crippen LogP contribution is 2.43. The van der Waals surface area contributed by atoms with E-state index in [4.69, 9.17) is 4.98 Å². The second kappa shape index (κ2) is 17.1. The van der Waals surface area contributed by atoms with E-state index in [0.29, 0.717) is 0 Å². The Hall–Kier alpha value is -8.21. The topological polar surface area (TPSA) is 27.7 Å². The van der Waals surface area contributed by atoms with Gasteiger partial charge in [0, 0.05) is 60.3 Å². The maximum absolute atomic E-state index is 5.12. The molecular weight excluding hydrogens is 933 g/mol. The van der Waals surface area contributed by atoms with Gasteiger partial charge in [0.15, 0.2) is 0 Å². The summed E-state index contributed by atoms with van der Waals surface area (Å²) in [6, 6.07) is 73.3. The predicted molar refractivity (Wildman–Crippen MR) is 330 cm³/mol.